The molecule has 1 aliphatic carbocycles. The van der Waals surface area contributed by atoms with Crippen LogP contribution >= 0.6 is 15.9 Å². The van der Waals surface area contributed by atoms with Gasteiger partial charge in [0, 0.05) is 16.2 Å². The van der Waals surface area contributed by atoms with Gasteiger partial charge in [0.2, 0.25) is 0 Å². The lowest BCUT2D eigenvalue weighted by atomic mass is 9.75. The molecular weight excluding hydrogens is 322 g/mol. The van der Waals surface area contributed by atoms with E-state index in [0.29, 0.717) is 17.9 Å². The Morgan fingerprint density at radius 2 is 1.67 bits per heavy atom. The second-order valence-corrected chi connectivity index (χ2v) is 7.22. The molecule has 3 rings (SSSR count). The summed E-state index contributed by atoms with van der Waals surface area (Å²) in [5, 5.41) is 3.73. The zero-order chi connectivity index (χ0) is 14.8. The normalized spacial score (nSPS) is 21.1. The molecule has 2 heteroatoms. The van der Waals surface area contributed by atoms with Gasteiger partial charge in [-0.15, -0.1) is 0 Å². The molecule has 0 spiro atoms. The Labute approximate surface area is 135 Å². The van der Waals surface area contributed by atoms with Gasteiger partial charge in [0.15, 0.2) is 0 Å². The van der Waals surface area contributed by atoms with Crippen molar-refractivity contribution in [2.45, 2.75) is 44.6 Å². The molecule has 0 bridgehead atoms. The van der Waals surface area contributed by atoms with Crippen molar-refractivity contribution in [1.82, 2.24) is 0 Å². The summed E-state index contributed by atoms with van der Waals surface area (Å²) in [7, 11) is 0. The van der Waals surface area contributed by atoms with Crippen molar-refractivity contribution < 1.29 is 0 Å². The molecule has 0 amide bonds. The molecule has 2 aromatic carbocycles. The molecule has 0 aromatic heterocycles. The lowest BCUT2D eigenvalue weighted by Crippen LogP contribution is -2.34. The maximum absolute atomic E-state index is 3.73. The number of hydrogen-bond acceptors (Lipinski definition) is 1. The summed E-state index contributed by atoms with van der Waals surface area (Å²) < 4.78 is 1.16. The van der Waals surface area contributed by atoms with E-state index < -0.39 is 0 Å². The van der Waals surface area contributed by atoms with Gasteiger partial charge in [0.1, 0.15) is 0 Å². The van der Waals surface area contributed by atoms with Crippen molar-refractivity contribution >= 4 is 21.6 Å². The Balaban J connectivity index is 1.61. The van der Waals surface area contributed by atoms with Crippen molar-refractivity contribution in [3.05, 3.63) is 64.1 Å². The summed E-state index contributed by atoms with van der Waals surface area (Å²) in [5.74, 6) is 1.28. The monoisotopic (exact) mass is 343 g/mol. The molecule has 0 aliphatic heterocycles. The fraction of sp³-hybridized carbons (Fsp3) is 0.368. The van der Waals surface area contributed by atoms with E-state index in [9.17, 15) is 0 Å². The topological polar surface area (TPSA) is 12.0 Å². The molecule has 2 aromatic rings. The van der Waals surface area contributed by atoms with Crippen LogP contribution in [0.25, 0.3) is 0 Å². The van der Waals surface area contributed by atoms with E-state index >= 15 is 0 Å². The first kappa shape index (κ1) is 14.6. The number of nitrogens with one attached hydrogen (secondary N) is 1. The lowest BCUT2D eigenvalue weighted by molar-refractivity contribution is 0.374. The predicted molar refractivity (Wildman–Crippen MR) is 94.1 cm³/mol. The smallest absolute Gasteiger partial charge is 0.0377 e. The SMILES string of the molecule is CC(C)c1ccccc1NC1CC(c2ccc(Br)cc2)C1. The zero-order valence-electron chi connectivity index (χ0n) is 12.6. The minimum atomic E-state index is 0.566. The first-order chi connectivity index (χ1) is 10.1. The lowest BCUT2D eigenvalue weighted by Gasteiger charge is -2.37. The summed E-state index contributed by atoms with van der Waals surface area (Å²) in [4.78, 5) is 0. The number of hydrogen-bond donors (Lipinski definition) is 1. The van der Waals surface area contributed by atoms with E-state index in [1.165, 1.54) is 29.7 Å². The van der Waals surface area contributed by atoms with Crippen LogP contribution < -0.4 is 5.32 Å². The molecule has 1 aliphatic rings. The highest BCUT2D eigenvalue weighted by molar-refractivity contribution is 9.10. The van der Waals surface area contributed by atoms with Gasteiger partial charge in [-0.05, 0) is 54.0 Å². The molecule has 21 heavy (non-hydrogen) atoms. The third kappa shape index (κ3) is 3.32. The molecule has 0 radical (unpaired) electrons. The molecular formula is C19H22BrN. The third-order valence-corrected chi connectivity index (χ3v) is 4.95. The zero-order valence-corrected chi connectivity index (χ0v) is 14.2. The average Bonchev–Trinajstić information content (AvgIpc) is 2.44. The van der Waals surface area contributed by atoms with Crippen molar-refractivity contribution in [2.24, 2.45) is 0 Å². The summed E-state index contributed by atoms with van der Waals surface area (Å²) in [5.41, 5.74) is 4.20. The minimum Gasteiger partial charge on any atom is -0.382 e. The number of para-hydroxylation sites is 1. The van der Waals surface area contributed by atoms with Crippen LogP contribution in [0.1, 0.15) is 49.7 Å². The van der Waals surface area contributed by atoms with Crippen LogP contribution in [0, 0.1) is 0 Å². The minimum absolute atomic E-state index is 0.566. The van der Waals surface area contributed by atoms with Crippen LogP contribution in [0.3, 0.4) is 0 Å². The largest absolute Gasteiger partial charge is 0.382 e. The number of benzene rings is 2. The standard InChI is InChI=1S/C19H22BrN/c1-13(2)18-5-3-4-6-19(18)21-17-11-15(12-17)14-7-9-16(20)10-8-14/h3-10,13,15,17,21H,11-12H2,1-2H3. The van der Waals surface area contributed by atoms with Gasteiger partial charge in [-0.2, -0.15) is 0 Å². The van der Waals surface area contributed by atoms with Gasteiger partial charge in [-0.25, -0.2) is 0 Å². The fourth-order valence-corrected chi connectivity index (χ4v) is 3.36. The van der Waals surface area contributed by atoms with Gasteiger partial charge >= 0.3 is 0 Å². The fourth-order valence-electron chi connectivity index (χ4n) is 3.09. The number of halogens is 1. The summed E-state index contributed by atoms with van der Waals surface area (Å²) in [6.07, 6.45) is 2.46. The van der Waals surface area contributed by atoms with E-state index in [1.807, 2.05) is 0 Å². The summed E-state index contributed by atoms with van der Waals surface area (Å²) >= 11 is 3.50. The van der Waals surface area contributed by atoms with E-state index in [0.717, 1.165) is 4.47 Å². The molecule has 0 unspecified atom stereocenters. The average molecular weight is 344 g/mol. The van der Waals surface area contributed by atoms with Crippen LogP contribution in [0.2, 0.25) is 0 Å². The van der Waals surface area contributed by atoms with Crippen molar-refractivity contribution in [1.29, 1.82) is 0 Å². The van der Waals surface area contributed by atoms with E-state index in [4.69, 9.17) is 0 Å². The Morgan fingerprint density at radius 3 is 2.33 bits per heavy atom. The van der Waals surface area contributed by atoms with Crippen molar-refractivity contribution in [3.63, 3.8) is 0 Å². The molecule has 1 saturated carbocycles. The first-order valence-electron chi connectivity index (χ1n) is 7.74. The van der Waals surface area contributed by atoms with E-state index in [2.05, 4.69) is 83.6 Å². The van der Waals surface area contributed by atoms with Crippen LogP contribution in [-0.4, -0.2) is 6.04 Å². The Hall–Kier alpha value is -1.28. The van der Waals surface area contributed by atoms with Gasteiger partial charge in [-0.3, -0.25) is 0 Å². The molecule has 0 heterocycles. The van der Waals surface area contributed by atoms with Crippen molar-refractivity contribution in [3.8, 4) is 0 Å². The van der Waals surface area contributed by atoms with Crippen LogP contribution in [0.15, 0.2) is 53.0 Å². The third-order valence-electron chi connectivity index (χ3n) is 4.42. The quantitative estimate of drug-likeness (QED) is 0.725. The van der Waals surface area contributed by atoms with Crippen LogP contribution in [-0.2, 0) is 0 Å². The highest BCUT2D eigenvalue weighted by Gasteiger charge is 2.30. The molecule has 1 nitrogen and oxygen atoms in total. The van der Waals surface area contributed by atoms with Crippen molar-refractivity contribution in [2.75, 3.05) is 5.32 Å². The first-order valence-corrected chi connectivity index (χ1v) is 8.53. The maximum atomic E-state index is 3.73. The summed E-state index contributed by atoms with van der Waals surface area (Å²) in [6, 6.07) is 18.1. The Kier molecular flexibility index (Phi) is 4.34. The number of rotatable bonds is 4. The second kappa shape index (κ2) is 6.23. The summed E-state index contributed by atoms with van der Waals surface area (Å²) in [6.45, 7) is 4.51. The highest BCUT2D eigenvalue weighted by Crippen LogP contribution is 2.39. The Morgan fingerprint density at radius 1 is 1.00 bits per heavy atom. The van der Waals surface area contributed by atoms with Gasteiger partial charge in [0.25, 0.3) is 0 Å². The predicted octanol–water partition coefficient (Wildman–Crippen LogP) is 5.93. The molecule has 110 valence electrons. The van der Waals surface area contributed by atoms with Gasteiger partial charge in [-0.1, -0.05) is 60.1 Å². The van der Waals surface area contributed by atoms with E-state index in [-0.39, 0.29) is 0 Å². The number of anilines is 1. The molecule has 1 N–H and O–H groups in total. The molecule has 0 atom stereocenters. The van der Waals surface area contributed by atoms with Gasteiger partial charge < -0.3 is 5.32 Å². The highest BCUT2D eigenvalue weighted by atomic mass is 79.9. The Bertz CT molecular complexity index is 597. The van der Waals surface area contributed by atoms with Crippen LogP contribution in [0.5, 0.6) is 0 Å². The molecule has 0 saturated heterocycles. The second-order valence-electron chi connectivity index (χ2n) is 6.30. The molecule has 1 fully saturated rings. The van der Waals surface area contributed by atoms with E-state index in [1.54, 1.807) is 0 Å². The van der Waals surface area contributed by atoms with Gasteiger partial charge in [0.05, 0.1) is 0 Å². The maximum Gasteiger partial charge on any atom is 0.0377 e. The van der Waals surface area contributed by atoms with Crippen LogP contribution in [0.4, 0.5) is 5.69 Å².